The minimum absolute atomic E-state index is 0.0843. The van der Waals surface area contributed by atoms with E-state index < -0.39 is 11.9 Å². The molecular formula is C11H15NO6. The monoisotopic (exact) mass is 257 g/mol. The van der Waals surface area contributed by atoms with E-state index >= 15 is 0 Å². The average molecular weight is 257 g/mol. The molecule has 0 spiro atoms. The van der Waals surface area contributed by atoms with Crippen molar-refractivity contribution in [1.29, 1.82) is 0 Å². The number of aliphatic hydroxyl groups excluding tert-OH is 1. The maximum atomic E-state index is 11.9. The van der Waals surface area contributed by atoms with Gasteiger partial charge in [0, 0.05) is 13.6 Å². The molecular weight excluding hydrogens is 242 g/mol. The average Bonchev–Trinajstić information content (AvgIpc) is 2.82. The van der Waals surface area contributed by atoms with Gasteiger partial charge in [0.25, 0.3) is 5.91 Å². The van der Waals surface area contributed by atoms with Crippen molar-refractivity contribution in [1.82, 2.24) is 4.90 Å². The fourth-order valence-electron chi connectivity index (χ4n) is 1.29. The van der Waals surface area contributed by atoms with E-state index in [4.69, 9.17) is 19.4 Å². The molecule has 0 saturated carbocycles. The van der Waals surface area contributed by atoms with Crippen LogP contribution in [0.4, 0.5) is 0 Å². The number of hydrogen-bond donors (Lipinski definition) is 2. The van der Waals surface area contributed by atoms with E-state index in [0.717, 1.165) is 6.26 Å². The lowest BCUT2D eigenvalue weighted by Crippen LogP contribution is -2.31. The highest BCUT2D eigenvalue weighted by atomic mass is 16.5. The van der Waals surface area contributed by atoms with Gasteiger partial charge in [-0.25, -0.2) is 4.79 Å². The first-order valence-electron chi connectivity index (χ1n) is 5.32. The van der Waals surface area contributed by atoms with Crippen LogP contribution in [0, 0.1) is 0 Å². The van der Waals surface area contributed by atoms with Gasteiger partial charge in [0.15, 0.2) is 0 Å². The van der Waals surface area contributed by atoms with Crippen LogP contribution in [0.1, 0.15) is 20.9 Å². The summed E-state index contributed by atoms with van der Waals surface area (Å²) >= 11 is 0. The number of ether oxygens (including phenoxy) is 1. The van der Waals surface area contributed by atoms with Crippen LogP contribution >= 0.6 is 0 Å². The molecule has 1 rings (SSSR count). The van der Waals surface area contributed by atoms with Gasteiger partial charge < -0.3 is 24.3 Å². The standard InChI is InChI=1S/C11H15NO6/c1-12(3-6-17-7-4-13)10(14)9-8(11(15)16)2-5-18-9/h2,5,13H,3-4,6-7H2,1H3,(H,15,16). The molecule has 7 nitrogen and oxygen atoms in total. The highest BCUT2D eigenvalue weighted by molar-refractivity contribution is 6.02. The maximum absolute atomic E-state index is 11.9. The van der Waals surface area contributed by atoms with Crippen LogP contribution in [0.5, 0.6) is 0 Å². The van der Waals surface area contributed by atoms with Crippen molar-refractivity contribution in [2.24, 2.45) is 0 Å². The predicted molar refractivity (Wildman–Crippen MR) is 60.5 cm³/mol. The zero-order chi connectivity index (χ0) is 13.5. The molecule has 7 heteroatoms. The summed E-state index contributed by atoms with van der Waals surface area (Å²) in [4.78, 5) is 24.0. The van der Waals surface area contributed by atoms with E-state index in [1.165, 1.54) is 18.0 Å². The molecule has 1 aromatic rings. The van der Waals surface area contributed by atoms with E-state index in [1.807, 2.05) is 0 Å². The SMILES string of the molecule is CN(CCOCCO)C(=O)c1occc1C(=O)O. The molecule has 0 unspecified atom stereocenters. The lowest BCUT2D eigenvalue weighted by molar-refractivity contribution is 0.0584. The number of hydrogen-bond acceptors (Lipinski definition) is 5. The van der Waals surface area contributed by atoms with Gasteiger partial charge in [0.1, 0.15) is 5.56 Å². The fourth-order valence-corrected chi connectivity index (χ4v) is 1.29. The Morgan fingerprint density at radius 3 is 2.78 bits per heavy atom. The molecule has 0 aliphatic carbocycles. The van der Waals surface area contributed by atoms with Crippen LogP contribution in [0.25, 0.3) is 0 Å². The Balaban J connectivity index is 2.57. The third kappa shape index (κ3) is 3.57. The number of nitrogens with zero attached hydrogens (tertiary/aromatic N) is 1. The van der Waals surface area contributed by atoms with E-state index in [2.05, 4.69) is 0 Å². The molecule has 18 heavy (non-hydrogen) atoms. The number of aliphatic hydroxyl groups is 1. The number of likely N-dealkylation sites (N-methyl/N-ethyl adjacent to an activating group) is 1. The molecule has 0 saturated heterocycles. The number of amides is 1. The molecule has 0 fully saturated rings. The molecule has 0 atom stereocenters. The Morgan fingerprint density at radius 1 is 1.44 bits per heavy atom. The molecule has 2 N–H and O–H groups in total. The Morgan fingerprint density at radius 2 is 2.17 bits per heavy atom. The van der Waals surface area contributed by atoms with Crippen LogP contribution in [0.3, 0.4) is 0 Å². The first-order valence-corrected chi connectivity index (χ1v) is 5.32. The molecule has 0 aliphatic heterocycles. The Kier molecular flexibility index (Phi) is 5.34. The zero-order valence-electron chi connectivity index (χ0n) is 9.96. The Bertz CT molecular complexity index is 413. The third-order valence-corrected chi connectivity index (χ3v) is 2.24. The summed E-state index contributed by atoms with van der Waals surface area (Å²) in [6, 6.07) is 1.23. The molecule has 100 valence electrons. The number of furan rings is 1. The largest absolute Gasteiger partial charge is 0.478 e. The van der Waals surface area contributed by atoms with Crippen molar-refractivity contribution in [2.45, 2.75) is 0 Å². The van der Waals surface area contributed by atoms with Gasteiger partial charge in [-0.05, 0) is 6.07 Å². The van der Waals surface area contributed by atoms with Crippen molar-refractivity contribution in [2.75, 3.05) is 33.4 Å². The maximum Gasteiger partial charge on any atom is 0.339 e. The summed E-state index contributed by atoms with van der Waals surface area (Å²) < 4.78 is 9.89. The number of aromatic carboxylic acids is 1. The van der Waals surface area contributed by atoms with Crippen molar-refractivity contribution >= 4 is 11.9 Å². The molecule has 0 aliphatic rings. The highest BCUT2D eigenvalue weighted by Gasteiger charge is 2.22. The van der Waals surface area contributed by atoms with Crippen LogP contribution in [0.15, 0.2) is 16.7 Å². The van der Waals surface area contributed by atoms with Gasteiger partial charge in [-0.1, -0.05) is 0 Å². The number of rotatable bonds is 7. The van der Waals surface area contributed by atoms with Gasteiger partial charge >= 0.3 is 5.97 Å². The minimum Gasteiger partial charge on any atom is -0.478 e. The third-order valence-electron chi connectivity index (χ3n) is 2.24. The molecule has 0 aromatic carbocycles. The zero-order valence-corrected chi connectivity index (χ0v) is 9.96. The number of carboxylic acid groups (broad SMARTS) is 1. The molecule has 0 bridgehead atoms. The first kappa shape index (κ1) is 14.2. The summed E-state index contributed by atoms with van der Waals surface area (Å²) in [5, 5.41) is 17.4. The van der Waals surface area contributed by atoms with Crippen molar-refractivity contribution in [3.05, 3.63) is 23.7 Å². The smallest absolute Gasteiger partial charge is 0.339 e. The normalized spacial score (nSPS) is 10.3. The van der Waals surface area contributed by atoms with Gasteiger partial charge in [0.2, 0.25) is 5.76 Å². The first-order chi connectivity index (χ1) is 8.57. The van der Waals surface area contributed by atoms with Crippen molar-refractivity contribution < 1.29 is 29.0 Å². The quantitative estimate of drug-likeness (QED) is 0.670. The Hall–Kier alpha value is -1.86. The topological polar surface area (TPSA) is 100 Å². The van der Waals surface area contributed by atoms with Gasteiger partial charge in [-0.15, -0.1) is 0 Å². The summed E-state index contributed by atoms with van der Waals surface area (Å²) in [6.45, 7) is 0.646. The number of carbonyl (C=O) groups is 2. The lowest BCUT2D eigenvalue weighted by atomic mass is 10.2. The van der Waals surface area contributed by atoms with Gasteiger partial charge in [-0.2, -0.15) is 0 Å². The summed E-state index contributed by atoms with van der Waals surface area (Å²) in [5.41, 5.74) is -0.164. The van der Waals surface area contributed by atoms with Crippen LogP contribution in [0.2, 0.25) is 0 Å². The highest BCUT2D eigenvalue weighted by Crippen LogP contribution is 2.12. The second-order valence-corrected chi connectivity index (χ2v) is 3.53. The molecule has 1 amide bonds. The number of carboxylic acids is 1. The minimum atomic E-state index is -1.21. The molecule has 1 heterocycles. The van der Waals surface area contributed by atoms with E-state index in [-0.39, 0.29) is 37.7 Å². The van der Waals surface area contributed by atoms with E-state index in [0.29, 0.717) is 0 Å². The lowest BCUT2D eigenvalue weighted by Gasteiger charge is -2.15. The summed E-state index contributed by atoms with van der Waals surface area (Å²) in [5.74, 6) is -1.94. The van der Waals surface area contributed by atoms with E-state index in [9.17, 15) is 9.59 Å². The van der Waals surface area contributed by atoms with Crippen molar-refractivity contribution in [3.63, 3.8) is 0 Å². The van der Waals surface area contributed by atoms with Crippen LogP contribution in [-0.4, -0.2) is 60.4 Å². The second kappa shape index (κ2) is 6.77. The fraction of sp³-hybridized carbons (Fsp3) is 0.455. The van der Waals surface area contributed by atoms with Gasteiger partial charge in [-0.3, -0.25) is 4.79 Å². The second-order valence-electron chi connectivity index (χ2n) is 3.53. The Labute approximate surface area is 104 Å². The van der Waals surface area contributed by atoms with Crippen molar-refractivity contribution in [3.8, 4) is 0 Å². The van der Waals surface area contributed by atoms with Crippen LogP contribution < -0.4 is 0 Å². The van der Waals surface area contributed by atoms with E-state index in [1.54, 1.807) is 0 Å². The molecule has 0 radical (unpaired) electrons. The predicted octanol–water partition coefficient (Wildman–Crippen LogP) is 0.0587. The van der Waals surface area contributed by atoms with Crippen LogP contribution in [-0.2, 0) is 4.74 Å². The van der Waals surface area contributed by atoms with Gasteiger partial charge in [0.05, 0.1) is 26.1 Å². The number of carbonyl (C=O) groups excluding carboxylic acids is 1. The summed E-state index contributed by atoms with van der Waals surface area (Å²) in [6.07, 6.45) is 1.16. The summed E-state index contributed by atoms with van der Waals surface area (Å²) in [7, 11) is 1.51. The molecule has 1 aromatic heterocycles.